The normalized spacial score (nSPS) is 13.4. The Labute approximate surface area is 143 Å². The maximum absolute atomic E-state index is 13.1. The molecule has 0 aromatic heterocycles. The van der Waals surface area contributed by atoms with E-state index in [4.69, 9.17) is 11.6 Å². The molecule has 0 bridgehead atoms. The van der Waals surface area contributed by atoms with Crippen LogP contribution < -0.4 is 0 Å². The summed E-state index contributed by atoms with van der Waals surface area (Å²) in [5.41, 5.74) is -0.0625. The van der Waals surface area contributed by atoms with Gasteiger partial charge < -0.3 is 4.90 Å². The van der Waals surface area contributed by atoms with Crippen molar-refractivity contribution in [3.05, 3.63) is 69.7 Å². The number of halogens is 4. The van der Waals surface area contributed by atoms with Gasteiger partial charge in [-0.25, -0.2) is 0 Å². The Bertz CT molecular complexity index is 729. The summed E-state index contributed by atoms with van der Waals surface area (Å²) in [6.07, 6.45) is -4.60. The minimum atomic E-state index is -4.60. The number of nitrogens with zero attached hydrogens (tertiary/aromatic N) is 1. The van der Waals surface area contributed by atoms with Crippen molar-refractivity contribution in [1.29, 1.82) is 0 Å². The van der Waals surface area contributed by atoms with Gasteiger partial charge >= 0.3 is 6.18 Å². The third-order valence-corrected chi connectivity index (χ3v) is 3.79. The zero-order valence-electron chi connectivity index (χ0n) is 13.3. The van der Waals surface area contributed by atoms with Crippen molar-refractivity contribution in [2.45, 2.75) is 33.1 Å². The van der Waals surface area contributed by atoms with E-state index in [0.717, 1.165) is 11.6 Å². The lowest BCUT2D eigenvalue weighted by Gasteiger charge is -2.16. The summed E-state index contributed by atoms with van der Waals surface area (Å²) in [6, 6.07) is 11.4. The smallest absolute Gasteiger partial charge is 0.330 e. The van der Waals surface area contributed by atoms with Crippen LogP contribution in [-0.2, 0) is 19.3 Å². The van der Waals surface area contributed by atoms with Crippen LogP contribution in [0.2, 0.25) is 5.02 Å². The van der Waals surface area contributed by atoms with Crippen molar-refractivity contribution in [1.82, 2.24) is 4.90 Å². The molecular formula is C18H17ClF3NO. The van der Waals surface area contributed by atoms with E-state index in [1.165, 1.54) is 11.0 Å². The van der Waals surface area contributed by atoms with Crippen LogP contribution in [-0.4, -0.2) is 10.8 Å². The number of benzene rings is 2. The topological polar surface area (TPSA) is 20.3 Å². The van der Waals surface area contributed by atoms with E-state index < -0.39 is 17.6 Å². The Morgan fingerprint density at radius 3 is 2.33 bits per heavy atom. The molecule has 1 aliphatic rings. The van der Waals surface area contributed by atoms with Crippen molar-refractivity contribution in [2.24, 2.45) is 0 Å². The van der Waals surface area contributed by atoms with E-state index in [1.54, 1.807) is 0 Å². The number of alkyl halides is 3. The first-order chi connectivity index (χ1) is 11.4. The first kappa shape index (κ1) is 18.3. The molecular weight excluding hydrogens is 339 g/mol. The van der Waals surface area contributed by atoms with Crippen molar-refractivity contribution in [2.75, 3.05) is 0 Å². The fraction of sp³-hybridized carbons (Fsp3) is 0.278. The summed E-state index contributed by atoms with van der Waals surface area (Å²) >= 11 is 5.76. The fourth-order valence-electron chi connectivity index (χ4n) is 2.63. The second-order valence-electron chi connectivity index (χ2n) is 5.13. The average Bonchev–Trinajstić information content (AvgIpc) is 2.84. The van der Waals surface area contributed by atoms with Crippen LogP contribution in [0.4, 0.5) is 13.2 Å². The highest BCUT2D eigenvalue weighted by Gasteiger charge is 2.41. The van der Waals surface area contributed by atoms with Gasteiger partial charge in [0.25, 0.3) is 5.91 Å². The quantitative estimate of drug-likeness (QED) is 0.692. The zero-order valence-corrected chi connectivity index (χ0v) is 14.1. The molecule has 0 aliphatic carbocycles. The third kappa shape index (κ3) is 3.73. The van der Waals surface area contributed by atoms with E-state index >= 15 is 0 Å². The standard InChI is InChI=1S/C16H11ClF3NO.C2H6/c17-12-6-11-9-21(8-10-4-2-1-3-5-10)15(22)14(11)13(7-12)16(18,19)20;1-2/h1-7H,8-9H2;1-2H3. The Morgan fingerprint density at radius 1 is 1.12 bits per heavy atom. The van der Waals surface area contributed by atoms with Crippen LogP contribution in [0.1, 0.15) is 40.9 Å². The molecule has 128 valence electrons. The van der Waals surface area contributed by atoms with Gasteiger partial charge in [-0.2, -0.15) is 13.2 Å². The lowest BCUT2D eigenvalue weighted by Crippen LogP contribution is -2.24. The van der Waals surface area contributed by atoms with Gasteiger partial charge in [0.05, 0.1) is 11.1 Å². The highest BCUT2D eigenvalue weighted by molar-refractivity contribution is 6.31. The molecule has 1 aliphatic heterocycles. The van der Waals surface area contributed by atoms with Crippen LogP contribution in [0.15, 0.2) is 42.5 Å². The highest BCUT2D eigenvalue weighted by Crippen LogP contribution is 2.39. The Kier molecular flexibility index (Phi) is 5.54. The molecule has 1 heterocycles. The number of hydrogen-bond donors (Lipinski definition) is 0. The lowest BCUT2D eigenvalue weighted by molar-refractivity contribution is -0.137. The number of rotatable bonds is 2. The summed E-state index contributed by atoms with van der Waals surface area (Å²) in [5, 5.41) is -0.0135. The lowest BCUT2D eigenvalue weighted by atomic mass is 10.0. The first-order valence-electron chi connectivity index (χ1n) is 7.59. The van der Waals surface area contributed by atoms with Crippen LogP contribution in [0.3, 0.4) is 0 Å². The largest absolute Gasteiger partial charge is 0.417 e. The van der Waals surface area contributed by atoms with Gasteiger partial charge in [-0.05, 0) is 23.3 Å². The maximum Gasteiger partial charge on any atom is 0.417 e. The van der Waals surface area contributed by atoms with Crippen molar-refractivity contribution in [3.8, 4) is 0 Å². The predicted octanol–water partition coefficient (Wildman–Crippen LogP) is 5.54. The highest BCUT2D eigenvalue weighted by atomic mass is 35.5. The number of amides is 1. The van der Waals surface area contributed by atoms with Gasteiger partial charge in [0.2, 0.25) is 0 Å². The van der Waals surface area contributed by atoms with Crippen LogP contribution >= 0.6 is 11.6 Å². The van der Waals surface area contributed by atoms with Crippen LogP contribution in [0, 0.1) is 0 Å². The number of fused-ring (bicyclic) bond motifs is 1. The SMILES string of the molecule is CC.O=C1c2c(cc(Cl)cc2C(F)(F)F)CN1Cc1ccccc1. The van der Waals surface area contributed by atoms with Crippen molar-refractivity contribution >= 4 is 17.5 Å². The van der Waals surface area contributed by atoms with Gasteiger partial charge in [0, 0.05) is 18.1 Å². The molecule has 6 heteroatoms. The summed E-state index contributed by atoms with van der Waals surface area (Å²) in [7, 11) is 0. The summed E-state index contributed by atoms with van der Waals surface area (Å²) < 4.78 is 39.4. The number of carbonyl (C=O) groups excluding carboxylic acids is 1. The van der Waals surface area contributed by atoms with Gasteiger partial charge in [-0.15, -0.1) is 0 Å². The molecule has 0 spiro atoms. The Hall–Kier alpha value is -2.01. The second kappa shape index (κ2) is 7.26. The Morgan fingerprint density at radius 2 is 1.75 bits per heavy atom. The summed E-state index contributed by atoms with van der Waals surface area (Å²) in [6.45, 7) is 4.40. The molecule has 0 atom stereocenters. The fourth-order valence-corrected chi connectivity index (χ4v) is 2.87. The monoisotopic (exact) mass is 355 g/mol. The molecule has 2 nitrogen and oxygen atoms in total. The molecule has 0 saturated heterocycles. The third-order valence-electron chi connectivity index (χ3n) is 3.57. The zero-order chi connectivity index (χ0) is 17.9. The molecule has 2 aromatic carbocycles. The molecule has 2 aromatic rings. The maximum atomic E-state index is 13.1. The van der Waals surface area contributed by atoms with Gasteiger partial charge in [-0.1, -0.05) is 55.8 Å². The molecule has 0 unspecified atom stereocenters. The molecule has 1 amide bonds. The molecule has 0 radical (unpaired) electrons. The molecule has 24 heavy (non-hydrogen) atoms. The van der Waals surface area contributed by atoms with Gasteiger partial charge in [0.15, 0.2) is 0 Å². The van der Waals surface area contributed by atoms with Crippen LogP contribution in [0.5, 0.6) is 0 Å². The molecule has 3 rings (SSSR count). The summed E-state index contributed by atoms with van der Waals surface area (Å²) in [4.78, 5) is 13.8. The first-order valence-corrected chi connectivity index (χ1v) is 7.97. The van der Waals surface area contributed by atoms with Gasteiger partial charge in [-0.3, -0.25) is 4.79 Å². The van der Waals surface area contributed by atoms with E-state index in [0.29, 0.717) is 5.56 Å². The van der Waals surface area contributed by atoms with Crippen LogP contribution in [0.25, 0.3) is 0 Å². The van der Waals surface area contributed by atoms with E-state index in [9.17, 15) is 18.0 Å². The molecule has 0 N–H and O–H groups in total. The van der Waals surface area contributed by atoms with E-state index in [-0.39, 0.29) is 23.7 Å². The van der Waals surface area contributed by atoms with E-state index in [2.05, 4.69) is 0 Å². The minimum Gasteiger partial charge on any atom is -0.330 e. The number of carbonyl (C=O) groups is 1. The molecule has 0 saturated carbocycles. The second-order valence-corrected chi connectivity index (χ2v) is 5.57. The summed E-state index contributed by atoms with van der Waals surface area (Å²) in [5.74, 6) is -0.608. The van der Waals surface area contributed by atoms with Crippen molar-refractivity contribution < 1.29 is 18.0 Å². The van der Waals surface area contributed by atoms with E-state index in [1.807, 2.05) is 44.2 Å². The average molecular weight is 356 g/mol. The Balaban J connectivity index is 0.00000100. The van der Waals surface area contributed by atoms with Crippen molar-refractivity contribution in [3.63, 3.8) is 0 Å². The van der Waals surface area contributed by atoms with Gasteiger partial charge in [0.1, 0.15) is 0 Å². The minimum absolute atomic E-state index is 0.0135. The number of hydrogen-bond acceptors (Lipinski definition) is 1. The molecule has 0 fully saturated rings. The predicted molar refractivity (Wildman–Crippen MR) is 87.8 cm³/mol.